The number of urea groups is 1. The van der Waals surface area contributed by atoms with Gasteiger partial charge in [-0.25, -0.2) is 4.79 Å². The van der Waals surface area contributed by atoms with Crippen LogP contribution in [0.5, 0.6) is 0 Å². The van der Waals surface area contributed by atoms with E-state index in [2.05, 4.69) is 22.9 Å². The molecule has 0 radical (unpaired) electrons. The number of carbonyl (C=O) groups excluding carboxylic acids is 1. The first-order valence-corrected chi connectivity index (χ1v) is 6.27. The second-order valence-corrected chi connectivity index (χ2v) is 4.93. The number of benzene rings is 1. The van der Waals surface area contributed by atoms with Gasteiger partial charge in [0, 0.05) is 17.3 Å². The van der Waals surface area contributed by atoms with Gasteiger partial charge in [-0.2, -0.15) is 13.2 Å². The molecule has 0 aromatic heterocycles. The molecule has 0 bridgehead atoms. The lowest BCUT2D eigenvalue weighted by Gasteiger charge is -2.14. The van der Waals surface area contributed by atoms with Crippen molar-refractivity contribution in [1.29, 1.82) is 0 Å². The maximum Gasteiger partial charge on any atom is 0.417 e. The lowest BCUT2D eigenvalue weighted by Crippen LogP contribution is -2.30. The largest absolute Gasteiger partial charge is 0.417 e. The van der Waals surface area contributed by atoms with Gasteiger partial charge in [-0.1, -0.05) is 12.2 Å². The summed E-state index contributed by atoms with van der Waals surface area (Å²) < 4.78 is 38.7. The second kappa shape index (κ2) is 5.28. The van der Waals surface area contributed by atoms with E-state index >= 15 is 0 Å². The van der Waals surface area contributed by atoms with Crippen molar-refractivity contribution in [2.24, 2.45) is 5.73 Å². The van der Waals surface area contributed by atoms with E-state index < -0.39 is 17.8 Å². The summed E-state index contributed by atoms with van der Waals surface area (Å²) in [5.41, 5.74) is 4.08. The monoisotopic (exact) mass is 303 g/mol. The molecule has 20 heavy (non-hydrogen) atoms. The van der Waals surface area contributed by atoms with E-state index in [0.717, 1.165) is 25.0 Å². The molecule has 0 aliphatic heterocycles. The van der Waals surface area contributed by atoms with Crippen LogP contribution in [0, 0.1) is 0 Å². The Hall–Kier alpha value is -1.83. The molecule has 8 heteroatoms. The fourth-order valence-corrected chi connectivity index (χ4v) is 1.83. The third-order valence-electron chi connectivity index (χ3n) is 2.76. The van der Waals surface area contributed by atoms with Gasteiger partial charge in [0.05, 0.1) is 5.56 Å². The fourth-order valence-electron chi connectivity index (χ4n) is 1.65. The molecule has 1 saturated carbocycles. The molecule has 1 aliphatic carbocycles. The Morgan fingerprint density at radius 3 is 2.50 bits per heavy atom. The predicted molar refractivity (Wildman–Crippen MR) is 72.5 cm³/mol. The first-order valence-electron chi connectivity index (χ1n) is 5.86. The SMILES string of the molecule is NC(=S)c1ccc(NC(=O)NC2CC2)cc1C(F)(F)F. The van der Waals surface area contributed by atoms with Gasteiger partial charge in [-0.3, -0.25) is 0 Å². The van der Waals surface area contributed by atoms with Gasteiger partial charge in [0.25, 0.3) is 0 Å². The zero-order chi connectivity index (χ0) is 14.9. The number of hydrogen-bond donors (Lipinski definition) is 3. The van der Waals surface area contributed by atoms with Crippen molar-refractivity contribution in [2.75, 3.05) is 5.32 Å². The molecule has 1 aromatic carbocycles. The number of alkyl halides is 3. The number of halogens is 3. The highest BCUT2D eigenvalue weighted by atomic mass is 32.1. The van der Waals surface area contributed by atoms with Gasteiger partial charge in [-0.15, -0.1) is 0 Å². The zero-order valence-corrected chi connectivity index (χ0v) is 11.1. The third-order valence-corrected chi connectivity index (χ3v) is 2.98. The summed E-state index contributed by atoms with van der Waals surface area (Å²) in [5, 5.41) is 4.97. The van der Waals surface area contributed by atoms with Gasteiger partial charge in [-0.05, 0) is 31.0 Å². The number of anilines is 1. The molecular weight excluding hydrogens is 291 g/mol. The fraction of sp³-hybridized carbons (Fsp3) is 0.333. The molecule has 0 spiro atoms. The zero-order valence-electron chi connectivity index (χ0n) is 10.3. The quantitative estimate of drug-likeness (QED) is 0.752. The van der Waals surface area contributed by atoms with E-state index in [-0.39, 0.29) is 22.3 Å². The maximum atomic E-state index is 12.9. The molecule has 4 N–H and O–H groups in total. The highest BCUT2D eigenvalue weighted by molar-refractivity contribution is 7.80. The van der Waals surface area contributed by atoms with E-state index in [4.69, 9.17) is 5.73 Å². The number of amides is 2. The topological polar surface area (TPSA) is 67.1 Å². The standard InChI is InChI=1S/C12H12F3N3OS/c13-12(14,15)9-5-7(3-4-8(9)10(16)20)18-11(19)17-6-1-2-6/h3-6H,1-2H2,(H2,16,20)(H2,17,18,19). The maximum absolute atomic E-state index is 12.9. The van der Waals surface area contributed by atoms with Crippen molar-refractivity contribution < 1.29 is 18.0 Å². The summed E-state index contributed by atoms with van der Waals surface area (Å²) >= 11 is 4.59. The highest BCUT2D eigenvalue weighted by Gasteiger charge is 2.34. The van der Waals surface area contributed by atoms with E-state index in [9.17, 15) is 18.0 Å². The predicted octanol–water partition coefficient (Wildman–Crippen LogP) is 2.62. The number of nitrogens with one attached hydrogen (secondary N) is 2. The molecule has 108 valence electrons. The van der Waals surface area contributed by atoms with Crippen LogP contribution in [-0.2, 0) is 6.18 Å². The van der Waals surface area contributed by atoms with E-state index in [1.54, 1.807) is 0 Å². The summed E-state index contributed by atoms with van der Waals surface area (Å²) in [6, 6.07) is 2.89. The minimum atomic E-state index is -4.59. The van der Waals surface area contributed by atoms with Crippen molar-refractivity contribution >= 4 is 28.9 Å². The van der Waals surface area contributed by atoms with Crippen LogP contribution in [-0.4, -0.2) is 17.1 Å². The van der Waals surface area contributed by atoms with Crippen LogP contribution in [0.1, 0.15) is 24.0 Å². The Balaban J connectivity index is 2.22. The van der Waals surface area contributed by atoms with Crippen LogP contribution < -0.4 is 16.4 Å². The van der Waals surface area contributed by atoms with Crippen LogP contribution in [0.4, 0.5) is 23.7 Å². The molecule has 4 nitrogen and oxygen atoms in total. The average Bonchev–Trinajstić information content (AvgIpc) is 3.11. The summed E-state index contributed by atoms with van der Waals surface area (Å²) in [7, 11) is 0. The van der Waals surface area contributed by atoms with Crippen LogP contribution in [0.15, 0.2) is 18.2 Å². The molecule has 0 atom stereocenters. The van der Waals surface area contributed by atoms with Gasteiger partial charge in [0.2, 0.25) is 0 Å². The first kappa shape index (κ1) is 14.6. The Bertz CT molecular complexity index is 555. The first-order chi connectivity index (χ1) is 9.27. The molecule has 0 heterocycles. The summed E-state index contributed by atoms with van der Waals surface area (Å²) in [5.74, 6) is 0. The summed E-state index contributed by atoms with van der Waals surface area (Å²) in [6.07, 6.45) is -2.81. The highest BCUT2D eigenvalue weighted by Crippen LogP contribution is 2.33. The Labute approximate surface area is 118 Å². The van der Waals surface area contributed by atoms with Crippen molar-refractivity contribution in [2.45, 2.75) is 25.1 Å². The van der Waals surface area contributed by atoms with E-state index in [0.29, 0.717) is 0 Å². The molecule has 1 fully saturated rings. The van der Waals surface area contributed by atoms with E-state index in [1.165, 1.54) is 6.07 Å². The molecule has 2 amide bonds. The van der Waals surface area contributed by atoms with Crippen molar-refractivity contribution in [3.63, 3.8) is 0 Å². The number of rotatable bonds is 3. The molecule has 1 aliphatic rings. The van der Waals surface area contributed by atoms with Crippen LogP contribution >= 0.6 is 12.2 Å². The van der Waals surface area contributed by atoms with Gasteiger partial charge in [0.15, 0.2) is 0 Å². The number of hydrogen-bond acceptors (Lipinski definition) is 2. The Morgan fingerprint density at radius 2 is 2.00 bits per heavy atom. The van der Waals surface area contributed by atoms with Crippen LogP contribution in [0.2, 0.25) is 0 Å². The summed E-state index contributed by atoms with van der Waals surface area (Å²) in [6.45, 7) is 0. The molecule has 1 aromatic rings. The molecule has 2 rings (SSSR count). The van der Waals surface area contributed by atoms with Crippen LogP contribution in [0.25, 0.3) is 0 Å². The van der Waals surface area contributed by atoms with Crippen molar-refractivity contribution in [3.05, 3.63) is 29.3 Å². The number of nitrogens with two attached hydrogens (primary N) is 1. The van der Waals surface area contributed by atoms with Gasteiger partial charge >= 0.3 is 12.2 Å². The Morgan fingerprint density at radius 1 is 1.35 bits per heavy atom. The smallest absolute Gasteiger partial charge is 0.389 e. The van der Waals surface area contributed by atoms with Gasteiger partial charge in [0.1, 0.15) is 4.99 Å². The van der Waals surface area contributed by atoms with Crippen molar-refractivity contribution in [1.82, 2.24) is 5.32 Å². The summed E-state index contributed by atoms with van der Waals surface area (Å²) in [4.78, 5) is 11.1. The number of thiocarbonyl (C=S) groups is 1. The minimum absolute atomic E-state index is 0.0375. The van der Waals surface area contributed by atoms with Gasteiger partial charge < -0.3 is 16.4 Å². The number of carbonyl (C=O) groups is 1. The molecular formula is C12H12F3N3OS. The normalized spacial score (nSPS) is 14.8. The minimum Gasteiger partial charge on any atom is -0.389 e. The lowest BCUT2D eigenvalue weighted by molar-refractivity contribution is -0.137. The van der Waals surface area contributed by atoms with Crippen LogP contribution in [0.3, 0.4) is 0 Å². The van der Waals surface area contributed by atoms with Crippen molar-refractivity contribution in [3.8, 4) is 0 Å². The average molecular weight is 303 g/mol. The third kappa shape index (κ3) is 3.60. The molecule has 0 saturated heterocycles. The molecule has 0 unspecified atom stereocenters. The second-order valence-electron chi connectivity index (χ2n) is 4.50. The van der Waals surface area contributed by atoms with E-state index in [1.807, 2.05) is 0 Å². The lowest BCUT2D eigenvalue weighted by atomic mass is 10.1. The Kier molecular flexibility index (Phi) is 3.85.